The van der Waals surface area contributed by atoms with Gasteiger partial charge in [0.1, 0.15) is 30.0 Å². The lowest BCUT2D eigenvalue weighted by Gasteiger charge is -2.16. The first-order valence-electron chi connectivity index (χ1n) is 9.18. The van der Waals surface area contributed by atoms with Gasteiger partial charge in [0.2, 0.25) is 5.89 Å². The summed E-state index contributed by atoms with van der Waals surface area (Å²) >= 11 is 0. The van der Waals surface area contributed by atoms with Gasteiger partial charge < -0.3 is 14.6 Å². The summed E-state index contributed by atoms with van der Waals surface area (Å²) in [6.45, 7) is 8.38. The Labute approximate surface area is 158 Å². The molecule has 1 atom stereocenters. The number of hydrogen-bond donors (Lipinski definition) is 1. The Morgan fingerprint density at radius 1 is 1.07 bits per heavy atom. The molecule has 0 unspecified atom stereocenters. The molecule has 3 aromatic rings. The molecule has 0 radical (unpaired) electrons. The third-order valence-electron chi connectivity index (χ3n) is 4.61. The quantitative estimate of drug-likeness (QED) is 0.749. The van der Waals surface area contributed by atoms with Gasteiger partial charge in [-0.15, -0.1) is 0 Å². The van der Waals surface area contributed by atoms with Gasteiger partial charge in [-0.2, -0.15) is 4.98 Å². The highest BCUT2D eigenvalue weighted by Gasteiger charge is 2.23. The van der Waals surface area contributed by atoms with Crippen molar-refractivity contribution < 1.29 is 9.26 Å². The summed E-state index contributed by atoms with van der Waals surface area (Å²) in [6, 6.07) is 7.90. The number of para-hydroxylation sites is 1. The number of rotatable bonds is 4. The summed E-state index contributed by atoms with van der Waals surface area (Å²) in [5.41, 5.74) is 3.07. The molecular weight excluding hydrogens is 342 g/mol. The SMILES string of the molecule is Cc1nc2c(c(N[C@H](C)c3nc(C(C)C)no3)n1)Cc1ccccc1OC2. The molecule has 1 aliphatic heterocycles. The second-order valence-electron chi connectivity index (χ2n) is 7.13. The van der Waals surface area contributed by atoms with Gasteiger partial charge >= 0.3 is 0 Å². The normalized spacial score (nSPS) is 14.1. The van der Waals surface area contributed by atoms with Crippen LogP contribution in [0, 0.1) is 6.92 Å². The van der Waals surface area contributed by atoms with Crippen molar-refractivity contribution in [2.24, 2.45) is 0 Å². The Morgan fingerprint density at radius 2 is 1.89 bits per heavy atom. The molecule has 7 nitrogen and oxygen atoms in total. The Kier molecular flexibility index (Phi) is 4.51. The van der Waals surface area contributed by atoms with Crippen LogP contribution in [0.1, 0.15) is 67.1 Å². The van der Waals surface area contributed by atoms with Crippen LogP contribution in [0.25, 0.3) is 0 Å². The molecule has 1 aliphatic rings. The van der Waals surface area contributed by atoms with Gasteiger partial charge in [0, 0.05) is 17.9 Å². The van der Waals surface area contributed by atoms with Crippen LogP contribution in [0.3, 0.4) is 0 Å². The lowest BCUT2D eigenvalue weighted by Crippen LogP contribution is -2.14. The summed E-state index contributed by atoms with van der Waals surface area (Å²) in [7, 11) is 0. The molecule has 0 saturated heterocycles. The Morgan fingerprint density at radius 3 is 2.67 bits per heavy atom. The van der Waals surface area contributed by atoms with Gasteiger partial charge in [-0.1, -0.05) is 37.2 Å². The molecule has 0 aliphatic carbocycles. The monoisotopic (exact) mass is 365 g/mol. The van der Waals surface area contributed by atoms with Crippen LogP contribution in [-0.2, 0) is 13.0 Å². The van der Waals surface area contributed by atoms with Crippen LogP contribution in [0.5, 0.6) is 5.75 Å². The van der Waals surface area contributed by atoms with Crippen LogP contribution < -0.4 is 10.1 Å². The van der Waals surface area contributed by atoms with Gasteiger partial charge in [-0.25, -0.2) is 9.97 Å². The topological polar surface area (TPSA) is 86.0 Å². The molecule has 0 bridgehead atoms. The molecule has 1 aromatic carbocycles. The first-order valence-corrected chi connectivity index (χ1v) is 9.18. The largest absolute Gasteiger partial charge is 0.487 e. The maximum absolute atomic E-state index is 5.95. The summed E-state index contributed by atoms with van der Waals surface area (Å²) in [5.74, 6) is 3.86. The van der Waals surface area contributed by atoms with Crippen molar-refractivity contribution in [1.82, 2.24) is 20.1 Å². The van der Waals surface area contributed by atoms with Gasteiger partial charge in [-0.3, -0.25) is 0 Å². The molecule has 0 spiro atoms. The van der Waals surface area contributed by atoms with Crippen LogP contribution in [0.4, 0.5) is 5.82 Å². The lowest BCUT2D eigenvalue weighted by atomic mass is 10.0. The van der Waals surface area contributed by atoms with Crippen molar-refractivity contribution >= 4 is 5.82 Å². The standard InChI is InChI=1S/C20H23N5O2/c1-11(2)18-24-20(27-25-18)12(3)21-19-15-9-14-7-5-6-8-17(14)26-10-16(15)22-13(4)23-19/h5-8,11-12H,9-10H2,1-4H3,(H,21,22,23)/t12-/m1/s1. The van der Waals surface area contributed by atoms with Gasteiger partial charge in [0.05, 0.1) is 5.69 Å². The third-order valence-corrected chi connectivity index (χ3v) is 4.61. The smallest absolute Gasteiger partial charge is 0.248 e. The Bertz CT molecular complexity index is 967. The minimum Gasteiger partial charge on any atom is -0.487 e. The number of nitrogens with zero attached hydrogens (tertiary/aromatic N) is 4. The average Bonchev–Trinajstić information content (AvgIpc) is 3.06. The van der Waals surface area contributed by atoms with Crippen molar-refractivity contribution in [2.75, 3.05) is 5.32 Å². The molecule has 140 valence electrons. The van der Waals surface area contributed by atoms with E-state index in [1.54, 1.807) is 0 Å². The molecule has 3 heterocycles. The zero-order valence-electron chi connectivity index (χ0n) is 16.0. The van der Waals surface area contributed by atoms with E-state index in [2.05, 4.69) is 31.5 Å². The minimum atomic E-state index is -0.164. The predicted molar refractivity (Wildman–Crippen MR) is 101 cm³/mol. The van der Waals surface area contributed by atoms with Crippen LogP contribution in [-0.4, -0.2) is 20.1 Å². The number of nitrogens with one attached hydrogen (secondary N) is 1. The van der Waals surface area contributed by atoms with Crippen molar-refractivity contribution in [3.05, 3.63) is 58.6 Å². The summed E-state index contributed by atoms with van der Waals surface area (Å²) < 4.78 is 11.4. The van der Waals surface area contributed by atoms with Crippen molar-refractivity contribution in [2.45, 2.75) is 52.7 Å². The summed E-state index contributed by atoms with van der Waals surface area (Å²) in [4.78, 5) is 13.7. The second-order valence-corrected chi connectivity index (χ2v) is 7.13. The molecule has 27 heavy (non-hydrogen) atoms. The molecule has 1 N–H and O–H groups in total. The first-order chi connectivity index (χ1) is 13.0. The van der Waals surface area contributed by atoms with Crippen molar-refractivity contribution in [3.63, 3.8) is 0 Å². The van der Waals surface area contributed by atoms with Crippen molar-refractivity contribution in [1.29, 1.82) is 0 Å². The lowest BCUT2D eigenvalue weighted by molar-refractivity contribution is 0.302. The number of aromatic nitrogens is 4. The van der Waals surface area contributed by atoms with Crippen molar-refractivity contribution in [3.8, 4) is 5.75 Å². The number of benzene rings is 1. The maximum atomic E-state index is 5.95. The summed E-state index contributed by atoms with van der Waals surface area (Å²) in [5, 5.41) is 7.48. The minimum absolute atomic E-state index is 0.164. The number of aryl methyl sites for hydroxylation is 1. The zero-order chi connectivity index (χ0) is 19.0. The number of hydrogen-bond acceptors (Lipinski definition) is 7. The van der Waals surface area contributed by atoms with E-state index in [1.165, 1.54) is 0 Å². The zero-order valence-corrected chi connectivity index (χ0v) is 16.0. The van der Waals surface area contributed by atoms with E-state index in [1.807, 2.05) is 45.9 Å². The molecular formula is C20H23N5O2. The summed E-state index contributed by atoms with van der Waals surface area (Å²) in [6.07, 6.45) is 0.710. The molecule has 0 amide bonds. The fourth-order valence-corrected chi connectivity index (χ4v) is 3.13. The van der Waals surface area contributed by atoms with Crippen LogP contribution >= 0.6 is 0 Å². The van der Waals surface area contributed by atoms with E-state index >= 15 is 0 Å². The fourth-order valence-electron chi connectivity index (χ4n) is 3.13. The number of ether oxygens (including phenoxy) is 1. The third kappa shape index (κ3) is 3.49. The van der Waals surface area contributed by atoms with Gasteiger partial charge in [0.15, 0.2) is 5.82 Å². The highest BCUT2D eigenvalue weighted by Crippen LogP contribution is 2.32. The number of anilines is 1. The van der Waals surface area contributed by atoms with Gasteiger partial charge in [0.25, 0.3) is 0 Å². The van der Waals surface area contributed by atoms with E-state index in [-0.39, 0.29) is 12.0 Å². The average molecular weight is 365 g/mol. The predicted octanol–water partition coefficient (Wildman–Crippen LogP) is 3.95. The van der Waals surface area contributed by atoms with Crippen LogP contribution in [0.2, 0.25) is 0 Å². The van der Waals surface area contributed by atoms with E-state index in [4.69, 9.17) is 9.26 Å². The van der Waals surface area contributed by atoms with E-state index in [0.717, 1.165) is 28.4 Å². The maximum Gasteiger partial charge on any atom is 0.248 e. The fraction of sp³-hybridized carbons (Fsp3) is 0.400. The molecule has 4 rings (SSSR count). The van der Waals surface area contributed by atoms with Crippen LogP contribution in [0.15, 0.2) is 28.8 Å². The molecule has 0 fully saturated rings. The highest BCUT2D eigenvalue weighted by atomic mass is 16.5. The Balaban J connectivity index is 1.66. The van der Waals surface area contributed by atoms with E-state index in [0.29, 0.717) is 30.6 Å². The van der Waals surface area contributed by atoms with E-state index < -0.39 is 0 Å². The van der Waals surface area contributed by atoms with Gasteiger partial charge in [-0.05, 0) is 25.5 Å². The molecule has 2 aromatic heterocycles. The van der Waals surface area contributed by atoms with E-state index in [9.17, 15) is 0 Å². The number of fused-ring (bicyclic) bond motifs is 2. The molecule has 0 saturated carbocycles. The first kappa shape index (κ1) is 17.5. The molecule has 7 heteroatoms. The highest BCUT2D eigenvalue weighted by molar-refractivity contribution is 5.52. The Hall–Kier alpha value is -2.96. The second kappa shape index (κ2) is 6.98.